The Morgan fingerprint density at radius 1 is 1.62 bits per heavy atom. The van der Waals surface area contributed by atoms with E-state index in [0.29, 0.717) is 16.4 Å². The molecule has 1 aromatic rings. The summed E-state index contributed by atoms with van der Waals surface area (Å²) in [5.74, 6) is -0.108. The standard InChI is InChI=1S/C11H15Cl2NOS/c1-3-8(12)4-5-14-11(15)10-9(13)7(2)6-16-10/h6,8H,3-5H2,1-2H3,(H,14,15). The molecule has 0 radical (unpaired) electrons. The third kappa shape index (κ3) is 3.65. The largest absolute Gasteiger partial charge is 0.351 e. The fourth-order valence-electron chi connectivity index (χ4n) is 1.21. The zero-order valence-corrected chi connectivity index (χ0v) is 11.7. The van der Waals surface area contributed by atoms with Crippen molar-refractivity contribution in [1.29, 1.82) is 0 Å². The van der Waals surface area contributed by atoms with Crippen LogP contribution in [0.3, 0.4) is 0 Å². The lowest BCUT2D eigenvalue weighted by molar-refractivity contribution is 0.0957. The van der Waals surface area contributed by atoms with Crippen LogP contribution in [0.25, 0.3) is 0 Å². The Labute approximate surface area is 110 Å². The Kier molecular flexibility index (Phi) is 5.59. The number of nitrogens with one attached hydrogen (secondary N) is 1. The van der Waals surface area contributed by atoms with Gasteiger partial charge in [-0.15, -0.1) is 22.9 Å². The molecule has 0 aliphatic carbocycles. The van der Waals surface area contributed by atoms with Gasteiger partial charge in [-0.05, 0) is 30.7 Å². The molecule has 1 atom stereocenters. The molecule has 1 aromatic heterocycles. The van der Waals surface area contributed by atoms with Gasteiger partial charge < -0.3 is 5.32 Å². The van der Waals surface area contributed by atoms with E-state index in [4.69, 9.17) is 23.2 Å². The molecule has 2 nitrogen and oxygen atoms in total. The Morgan fingerprint density at radius 2 is 2.31 bits per heavy atom. The van der Waals surface area contributed by atoms with Crippen molar-refractivity contribution in [2.24, 2.45) is 0 Å². The highest BCUT2D eigenvalue weighted by Crippen LogP contribution is 2.26. The molecule has 0 bridgehead atoms. The van der Waals surface area contributed by atoms with Crippen LogP contribution in [0.2, 0.25) is 5.02 Å². The highest BCUT2D eigenvalue weighted by atomic mass is 35.5. The number of thiophene rings is 1. The van der Waals surface area contributed by atoms with E-state index in [1.807, 2.05) is 19.2 Å². The third-order valence-corrected chi connectivity index (χ3v) is 4.51. The monoisotopic (exact) mass is 279 g/mol. The molecule has 1 amide bonds. The van der Waals surface area contributed by atoms with Gasteiger partial charge >= 0.3 is 0 Å². The smallest absolute Gasteiger partial charge is 0.262 e. The maximum Gasteiger partial charge on any atom is 0.262 e. The number of amides is 1. The van der Waals surface area contributed by atoms with Gasteiger partial charge in [-0.25, -0.2) is 0 Å². The molecule has 0 aromatic carbocycles. The van der Waals surface area contributed by atoms with Crippen molar-refractivity contribution >= 4 is 40.4 Å². The van der Waals surface area contributed by atoms with E-state index >= 15 is 0 Å². The molecule has 90 valence electrons. The molecule has 5 heteroatoms. The van der Waals surface area contributed by atoms with E-state index in [1.165, 1.54) is 11.3 Å². The number of halogens is 2. The van der Waals surface area contributed by atoms with E-state index in [9.17, 15) is 4.79 Å². The van der Waals surface area contributed by atoms with Gasteiger partial charge in [0.2, 0.25) is 0 Å². The fourth-order valence-corrected chi connectivity index (χ4v) is 2.51. The van der Waals surface area contributed by atoms with Gasteiger partial charge in [0.05, 0.1) is 5.02 Å². The first kappa shape index (κ1) is 13.8. The summed E-state index contributed by atoms with van der Waals surface area (Å²) in [6.07, 6.45) is 1.70. The van der Waals surface area contributed by atoms with Gasteiger partial charge in [0.15, 0.2) is 0 Å². The SMILES string of the molecule is CCC(Cl)CCNC(=O)c1scc(C)c1Cl. The Balaban J connectivity index is 2.44. The second kappa shape index (κ2) is 6.48. The Morgan fingerprint density at radius 3 is 2.81 bits per heavy atom. The van der Waals surface area contributed by atoms with Crippen LogP contribution in [0, 0.1) is 6.92 Å². The number of rotatable bonds is 5. The minimum absolute atomic E-state index is 0.108. The zero-order valence-electron chi connectivity index (χ0n) is 9.35. The van der Waals surface area contributed by atoms with E-state index < -0.39 is 0 Å². The minimum atomic E-state index is -0.108. The van der Waals surface area contributed by atoms with E-state index in [1.54, 1.807) is 0 Å². The number of hydrogen-bond donors (Lipinski definition) is 1. The van der Waals surface area contributed by atoms with Crippen LogP contribution in [-0.4, -0.2) is 17.8 Å². The topological polar surface area (TPSA) is 29.1 Å². The van der Waals surface area contributed by atoms with Gasteiger partial charge in [0, 0.05) is 11.9 Å². The van der Waals surface area contributed by atoms with Gasteiger partial charge in [-0.2, -0.15) is 0 Å². The van der Waals surface area contributed by atoms with Crippen molar-refractivity contribution in [3.8, 4) is 0 Å². The first-order valence-corrected chi connectivity index (χ1v) is 6.91. The highest BCUT2D eigenvalue weighted by molar-refractivity contribution is 7.13. The molecular weight excluding hydrogens is 265 g/mol. The molecular formula is C11H15Cl2NOS. The maximum atomic E-state index is 11.7. The summed E-state index contributed by atoms with van der Waals surface area (Å²) in [4.78, 5) is 12.3. The molecule has 0 saturated heterocycles. The predicted molar refractivity (Wildman–Crippen MR) is 70.9 cm³/mol. The van der Waals surface area contributed by atoms with Crippen molar-refractivity contribution in [3.63, 3.8) is 0 Å². The van der Waals surface area contributed by atoms with Gasteiger partial charge in [0.1, 0.15) is 4.88 Å². The van der Waals surface area contributed by atoms with Crippen molar-refractivity contribution in [3.05, 3.63) is 20.8 Å². The lowest BCUT2D eigenvalue weighted by Gasteiger charge is -2.07. The molecule has 0 saturated carbocycles. The van der Waals surface area contributed by atoms with Crippen LogP contribution in [0.15, 0.2) is 5.38 Å². The molecule has 1 rings (SSSR count). The number of aryl methyl sites for hydroxylation is 1. The normalized spacial score (nSPS) is 12.5. The maximum absolute atomic E-state index is 11.7. The van der Waals surface area contributed by atoms with E-state index in [-0.39, 0.29) is 11.3 Å². The van der Waals surface area contributed by atoms with Crippen LogP contribution in [0.5, 0.6) is 0 Å². The molecule has 0 aliphatic heterocycles. The summed E-state index contributed by atoms with van der Waals surface area (Å²) in [7, 11) is 0. The first-order chi connectivity index (χ1) is 7.56. The molecule has 0 aliphatic rings. The summed E-state index contributed by atoms with van der Waals surface area (Å²) in [6, 6.07) is 0. The number of carbonyl (C=O) groups excluding carboxylic acids is 1. The number of alkyl halides is 1. The number of carbonyl (C=O) groups is 1. The van der Waals surface area contributed by atoms with Crippen LogP contribution in [-0.2, 0) is 0 Å². The van der Waals surface area contributed by atoms with Crippen molar-refractivity contribution < 1.29 is 4.79 Å². The van der Waals surface area contributed by atoms with Crippen LogP contribution in [0.4, 0.5) is 0 Å². The van der Waals surface area contributed by atoms with Gasteiger partial charge in [-0.1, -0.05) is 18.5 Å². The quantitative estimate of drug-likeness (QED) is 0.815. The van der Waals surface area contributed by atoms with Crippen LogP contribution in [0.1, 0.15) is 35.0 Å². The molecule has 1 heterocycles. The average Bonchev–Trinajstić information content (AvgIpc) is 2.59. The predicted octanol–water partition coefficient (Wildman–Crippen LogP) is 3.85. The number of hydrogen-bond acceptors (Lipinski definition) is 2. The van der Waals surface area contributed by atoms with Crippen LogP contribution < -0.4 is 5.32 Å². The third-order valence-electron chi connectivity index (χ3n) is 2.29. The molecule has 0 fully saturated rings. The molecule has 16 heavy (non-hydrogen) atoms. The molecule has 1 N–H and O–H groups in total. The zero-order chi connectivity index (χ0) is 12.1. The Hall–Kier alpha value is -0.250. The summed E-state index contributed by atoms with van der Waals surface area (Å²) in [5, 5.41) is 5.39. The average molecular weight is 280 g/mol. The van der Waals surface area contributed by atoms with Crippen molar-refractivity contribution in [2.45, 2.75) is 32.1 Å². The lowest BCUT2D eigenvalue weighted by Crippen LogP contribution is -2.25. The highest BCUT2D eigenvalue weighted by Gasteiger charge is 2.14. The van der Waals surface area contributed by atoms with Crippen LogP contribution >= 0.6 is 34.5 Å². The second-order valence-electron chi connectivity index (χ2n) is 3.61. The molecule has 0 spiro atoms. The summed E-state index contributed by atoms with van der Waals surface area (Å²) in [6.45, 7) is 4.51. The van der Waals surface area contributed by atoms with E-state index in [0.717, 1.165) is 18.4 Å². The van der Waals surface area contributed by atoms with Crippen molar-refractivity contribution in [1.82, 2.24) is 5.32 Å². The van der Waals surface area contributed by atoms with Gasteiger partial charge in [-0.3, -0.25) is 4.79 Å². The minimum Gasteiger partial charge on any atom is -0.351 e. The Bertz CT molecular complexity index is 365. The van der Waals surface area contributed by atoms with E-state index in [2.05, 4.69) is 5.32 Å². The molecule has 1 unspecified atom stereocenters. The first-order valence-electron chi connectivity index (χ1n) is 5.22. The lowest BCUT2D eigenvalue weighted by atomic mass is 10.2. The van der Waals surface area contributed by atoms with Gasteiger partial charge in [0.25, 0.3) is 5.91 Å². The summed E-state index contributed by atoms with van der Waals surface area (Å²) >= 11 is 13.3. The van der Waals surface area contributed by atoms with Crippen molar-refractivity contribution in [2.75, 3.05) is 6.54 Å². The summed E-state index contributed by atoms with van der Waals surface area (Å²) in [5.41, 5.74) is 0.945. The fraction of sp³-hybridized carbons (Fsp3) is 0.545. The second-order valence-corrected chi connectivity index (χ2v) is 5.49. The summed E-state index contributed by atoms with van der Waals surface area (Å²) < 4.78 is 0.